The first-order valence-corrected chi connectivity index (χ1v) is 7.07. The summed E-state index contributed by atoms with van der Waals surface area (Å²) in [7, 11) is 2.82. The van der Waals surface area contributed by atoms with Crippen molar-refractivity contribution in [3.8, 4) is 0 Å². The average Bonchev–Trinajstić information content (AvgIpc) is 2.39. The second-order valence-corrected chi connectivity index (χ2v) is 5.55. The predicted octanol–water partition coefficient (Wildman–Crippen LogP) is 2.72. The maximum absolute atomic E-state index is 11.8. The van der Waals surface area contributed by atoms with E-state index in [-0.39, 0.29) is 18.2 Å². The van der Waals surface area contributed by atoms with Crippen molar-refractivity contribution in [2.24, 2.45) is 0 Å². The summed E-state index contributed by atoms with van der Waals surface area (Å²) in [5.41, 5.74) is 0. The molecule has 7 heteroatoms. The molecule has 0 heterocycles. The maximum Gasteiger partial charge on any atom is 0.325 e. The van der Waals surface area contributed by atoms with Gasteiger partial charge in [-0.25, -0.2) is 0 Å². The first-order chi connectivity index (χ1) is 8.93. The zero-order chi connectivity index (χ0) is 14.4. The molecule has 0 aliphatic rings. The summed E-state index contributed by atoms with van der Waals surface area (Å²) in [6, 6.07) is 5.05. The summed E-state index contributed by atoms with van der Waals surface area (Å²) in [5.74, 6) is -0.471. The smallest absolute Gasteiger partial charge is 0.325 e. The quantitative estimate of drug-likeness (QED) is 0.618. The van der Waals surface area contributed by atoms with E-state index in [2.05, 4.69) is 4.74 Å². The summed E-state index contributed by atoms with van der Waals surface area (Å²) in [6.45, 7) is -0.0703. The molecule has 0 radical (unpaired) electrons. The highest BCUT2D eigenvalue weighted by Crippen LogP contribution is 2.29. The lowest BCUT2D eigenvalue weighted by Crippen LogP contribution is -2.33. The van der Waals surface area contributed by atoms with Crippen LogP contribution in [0.2, 0.25) is 10.0 Å². The van der Waals surface area contributed by atoms with E-state index >= 15 is 0 Å². The number of hydrogen-bond acceptors (Lipinski definition) is 4. The summed E-state index contributed by atoms with van der Waals surface area (Å²) in [4.78, 5) is 24.9. The fourth-order valence-corrected chi connectivity index (χ4v) is 2.62. The Morgan fingerprint density at radius 2 is 2.05 bits per heavy atom. The van der Waals surface area contributed by atoms with Gasteiger partial charge < -0.3 is 9.64 Å². The van der Waals surface area contributed by atoms with Crippen LogP contribution < -0.4 is 0 Å². The van der Waals surface area contributed by atoms with Crippen LogP contribution in [0.5, 0.6) is 0 Å². The van der Waals surface area contributed by atoms with E-state index in [9.17, 15) is 9.59 Å². The minimum Gasteiger partial charge on any atom is -0.468 e. The summed E-state index contributed by atoms with van der Waals surface area (Å²) in [5, 5.41) is 1.10. The number of halogens is 2. The van der Waals surface area contributed by atoms with Crippen molar-refractivity contribution in [3.05, 3.63) is 28.2 Å². The minimum absolute atomic E-state index is 0.0703. The maximum atomic E-state index is 11.8. The number of likely N-dealkylation sites (N-methyl/N-ethyl adjacent to an activating group) is 1. The Labute approximate surface area is 126 Å². The van der Waals surface area contributed by atoms with E-state index in [0.717, 1.165) is 4.90 Å². The standard InChI is InChI=1S/C12H13Cl2NO3S/c1-15(6-12(17)18-2)11(16)7-19-10-5-8(13)3-4-9(10)14/h3-5H,6-7H2,1-2H3. The van der Waals surface area contributed by atoms with Crippen LogP contribution in [-0.2, 0) is 14.3 Å². The van der Waals surface area contributed by atoms with Gasteiger partial charge in [0.2, 0.25) is 5.91 Å². The number of esters is 1. The van der Waals surface area contributed by atoms with Gasteiger partial charge in [0, 0.05) is 17.0 Å². The molecule has 0 saturated heterocycles. The van der Waals surface area contributed by atoms with Crippen LogP contribution in [0.15, 0.2) is 23.1 Å². The lowest BCUT2D eigenvalue weighted by atomic mass is 10.4. The molecular formula is C12H13Cl2NO3S. The van der Waals surface area contributed by atoms with E-state index in [4.69, 9.17) is 23.2 Å². The first kappa shape index (κ1) is 16.1. The third kappa shape index (κ3) is 5.30. The van der Waals surface area contributed by atoms with Crippen LogP contribution in [0.25, 0.3) is 0 Å². The summed E-state index contributed by atoms with van der Waals surface area (Å²) < 4.78 is 4.49. The molecule has 0 aliphatic heterocycles. The van der Waals surface area contributed by atoms with E-state index < -0.39 is 5.97 Å². The fraction of sp³-hybridized carbons (Fsp3) is 0.333. The monoisotopic (exact) mass is 321 g/mol. The topological polar surface area (TPSA) is 46.6 Å². The second-order valence-electron chi connectivity index (χ2n) is 3.69. The number of carbonyl (C=O) groups excluding carboxylic acids is 2. The molecule has 1 aromatic rings. The Kier molecular flexibility index (Phi) is 6.48. The van der Waals surface area contributed by atoms with E-state index in [0.29, 0.717) is 10.0 Å². The second kappa shape index (κ2) is 7.62. The van der Waals surface area contributed by atoms with E-state index in [1.165, 1.54) is 23.8 Å². The molecule has 0 aromatic heterocycles. The molecule has 104 valence electrons. The lowest BCUT2D eigenvalue weighted by molar-refractivity contribution is -0.145. The number of methoxy groups -OCH3 is 1. The van der Waals surface area contributed by atoms with Gasteiger partial charge in [0.15, 0.2) is 0 Å². The highest BCUT2D eigenvalue weighted by molar-refractivity contribution is 8.00. The number of thioether (sulfide) groups is 1. The molecule has 0 bridgehead atoms. The molecule has 0 aliphatic carbocycles. The van der Waals surface area contributed by atoms with Crippen molar-refractivity contribution in [2.75, 3.05) is 26.5 Å². The van der Waals surface area contributed by atoms with Gasteiger partial charge in [-0.1, -0.05) is 23.2 Å². The molecule has 1 amide bonds. The lowest BCUT2D eigenvalue weighted by Gasteiger charge is -2.15. The van der Waals surface area contributed by atoms with Crippen LogP contribution in [0.1, 0.15) is 0 Å². The number of nitrogens with zero attached hydrogens (tertiary/aromatic N) is 1. The molecule has 0 atom stereocenters. The number of carbonyl (C=O) groups is 2. The van der Waals surface area contributed by atoms with Crippen molar-refractivity contribution >= 4 is 46.8 Å². The average molecular weight is 322 g/mol. The highest BCUT2D eigenvalue weighted by atomic mass is 35.5. The van der Waals surface area contributed by atoms with Gasteiger partial charge in [-0.05, 0) is 18.2 Å². The van der Waals surface area contributed by atoms with Gasteiger partial charge in [-0.3, -0.25) is 9.59 Å². The van der Waals surface area contributed by atoms with Gasteiger partial charge in [-0.2, -0.15) is 0 Å². The molecule has 1 aromatic carbocycles. The number of benzene rings is 1. The molecule has 0 saturated carbocycles. The van der Waals surface area contributed by atoms with Gasteiger partial charge >= 0.3 is 5.97 Å². The third-order valence-electron chi connectivity index (χ3n) is 2.26. The molecule has 0 fully saturated rings. The van der Waals surface area contributed by atoms with Crippen molar-refractivity contribution in [2.45, 2.75) is 4.90 Å². The number of hydrogen-bond donors (Lipinski definition) is 0. The highest BCUT2D eigenvalue weighted by Gasteiger charge is 2.14. The molecular weight excluding hydrogens is 309 g/mol. The summed E-state index contributed by atoms with van der Waals surface area (Å²) >= 11 is 13.1. The third-order valence-corrected chi connectivity index (χ3v) is 3.98. The van der Waals surface area contributed by atoms with Crippen LogP contribution in [0.4, 0.5) is 0 Å². The Morgan fingerprint density at radius 3 is 2.68 bits per heavy atom. The normalized spacial score (nSPS) is 10.1. The Morgan fingerprint density at radius 1 is 1.37 bits per heavy atom. The van der Waals surface area contributed by atoms with Crippen molar-refractivity contribution in [1.29, 1.82) is 0 Å². The van der Waals surface area contributed by atoms with E-state index in [1.807, 2.05) is 0 Å². The van der Waals surface area contributed by atoms with Crippen LogP contribution in [0, 0.1) is 0 Å². The van der Waals surface area contributed by atoms with Crippen molar-refractivity contribution < 1.29 is 14.3 Å². The van der Waals surface area contributed by atoms with Gasteiger partial charge in [-0.15, -0.1) is 11.8 Å². The van der Waals surface area contributed by atoms with Crippen LogP contribution in [-0.4, -0.2) is 43.2 Å². The number of ether oxygens (including phenoxy) is 1. The largest absolute Gasteiger partial charge is 0.468 e. The first-order valence-electron chi connectivity index (χ1n) is 5.32. The van der Waals surface area contributed by atoms with Crippen molar-refractivity contribution in [1.82, 2.24) is 4.90 Å². The van der Waals surface area contributed by atoms with Gasteiger partial charge in [0.05, 0.1) is 17.9 Å². The Bertz CT molecular complexity index is 482. The Hall–Kier alpha value is -0.910. The molecule has 0 unspecified atom stereocenters. The SMILES string of the molecule is COC(=O)CN(C)C(=O)CSc1cc(Cl)ccc1Cl. The predicted molar refractivity (Wildman–Crippen MR) is 76.8 cm³/mol. The molecule has 4 nitrogen and oxygen atoms in total. The van der Waals surface area contributed by atoms with Crippen LogP contribution >= 0.6 is 35.0 Å². The molecule has 0 N–H and O–H groups in total. The molecule has 19 heavy (non-hydrogen) atoms. The fourth-order valence-electron chi connectivity index (χ4n) is 1.18. The minimum atomic E-state index is -0.457. The number of rotatable bonds is 5. The van der Waals surface area contributed by atoms with Crippen LogP contribution in [0.3, 0.4) is 0 Å². The zero-order valence-electron chi connectivity index (χ0n) is 10.5. The summed E-state index contributed by atoms with van der Waals surface area (Å²) in [6.07, 6.45) is 0. The molecule has 1 rings (SSSR count). The zero-order valence-corrected chi connectivity index (χ0v) is 12.8. The Balaban J connectivity index is 2.54. The van der Waals surface area contributed by atoms with Crippen molar-refractivity contribution in [3.63, 3.8) is 0 Å². The molecule has 0 spiro atoms. The van der Waals surface area contributed by atoms with E-state index in [1.54, 1.807) is 25.2 Å². The number of amides is 1. The van der Waals surface area contributed by atoms with Gasteiger partial charge in [0.25, 0.3) is 0 Å². The van der Waals surface area contributed by atoms with Gasteiger partial charge in [0.1, 0.15) is 6.54 Å².